The molecular weight excluding hydrogens is 545 g/mol. The number of amides is 2. The lowest BCUT2D eigenvalue weighted by Gasteiger charge is -2.34. The van der Waals surface area contributed by atoms with E-state index in [1.54, 1.807) is 0 Å². The summed E-state index contributed by atoms with van der Waals surface area (Å²) in [5.41, 5.74) is -10.3. The summed E-state index contributed by atoms with van der Waals surface area (Å²) in [5, 5.41) is 13.7. The van der Waals surface area contributed by atoms with Crippen molar-refractivity contribution in [3.8, 4) is 0 Å². The molecule has 8 nitrogen and oxygen atoms in total. The van der Waals surface area contributed by atoms with Gasteiger partial charge < -0.3 is 25.2 Å². The maximum Gasteiger partial charge on any atom is 0.432 e. The SMILES string of the molecule is CCOC(=O)[C@@](O)(c1ccc(NC(=O)N[C@](C(=O)OCC)(c2ccc(F)cc2)C(F)(F)F)c(C)c1)C(F)(F)F. The second-order valence-corrected chi connectivity index (χ2v) is 8.01. The number of urea groups is 1. The molecule has 2 atom stereocenters. The summed E-state index contributed by atoms with van der Waals surface area (Å²) in [6, 6.07) is 2.92. The van der Waals surface area contributed by atoms with Crippen LogP contribution in [0.3, 0.4) is 0 Å². The van der Waals surface area contributed by atoms with E-state index in [0.717, 1.165) is 13.0 Å². The number of nitrogens with one attached hydrogen (secondary N) is 2. The molecule has 0 saturated carbocycles. The first-order chi connectivity index (χ1) is 17.9. The number of carbonyl (C=O) groups excluding carboxylic acids is 3. The van der Waals surface area contributed by atoms with E-state index < -0.39 is 71.6 Å². The Balaban J connectivity index is 2.50. The van der Waals surface area contributed by atoms with Crippen LogP contribution in [-0.4, -0.2) is 48.6 Å². The van der Waals surface area contributed by atoms with Crippen LogP contribution in [0.1, 0.15) is 30.5 Å². The number of aryl methyl sites for hydroxylation is 1. The molecule has 15 heteroatoms. The van der Waals surface area contributed by atoms with Crippen LogP contribution >= 0.6 is 0 Å². The fraction of sp³-hybridized carbons (Fsp3) is 0.375. The molecule has 0 unspecified atom stereocenters. The molecule has 0 fully saturated rings. The monoisotopic (exact) mass is 568 g/mol. The van der Waals surface area contributed by atoms with Gasteiger partial charge in [-0.25, -0.2) is 18.8 Å². The summed E-state index contributed by atoms with van der Waals surface area (Å²) in [4.78, 5) is 37.2. The first-order valence-corrected chi connectivity index (χ1v) is 11.1. The molecule has 2 amide bonds. The fourth-order valence-corrected chi connectivity index (χ4v) is 3.52. The zero-order chi connectivity index (χ0) is 29.8. The first-order valence-electron chi connectivity index (χ1n) is 11.1. The Labute approximate surface area is 217 Å². The normalized spacial score (nSPS) is 14.9. The molecule has 0 heterocycles. The van der Waals surface area contributed by atoms with Gasteiger partial charge >= 0.3 is 30.3 Å². The van der Waals surface area contributed by atoms with Crippen molar-refractivity contribution in [3.63, 3.8) is 0 Å². The standard InChI is InChI=1S/C24H23F7N2O6/c1-4-38-18(34)21(23(26,27)28,14-6-9-16(25)10-7-14)33-20(36)32-17-11-8-15(12-13(17)3)22(37,24(29,30)31)19(35)39-5-2/h6-12,37H,4-5H2,1-3H3,(H2,32,33,36)/t21-,22-/m0/s1. The quantitative estimate of drug-likeness (QED) is 0.317. The van der Waals surface area contributed by atoms with Crippen molar-refractivity contribution in [2.24, 2.45) is 0 Å². The molecule has 214 valence electrons. The smallest absolute Gasteiger partial charge is 0.432 e. The van der Waals surface area contributed by atoms with Crippen LogP contribution in [0, 0.1) is 12.7 Å². The number of ether oxygens (including phenoxy) is 2. The second kappa shape index (κ2) is 11.5. The highest BCUT2D eigenvalue weighted by Crippen LogP contribution is 2.42. The Morgan fingerprint density at radius 1 is 0.821 bits per heavy atom. The largest absolute Gasteiger partial charge is 0.464 e. The number of anilines is 1. The van der Waals surface area contributed by atoms with E-state index in [1.165, 1.54) is 19.2 Å². The minimum atomic E-state index is -5.51. The molecule has 3 N–H and O–H groups in total. The number of aliphatic hydroxyl groups is 1. The number of benzene rings is 2. The van der Waals surface area contributed by atoms with Crippen LogP contribution in [-0.2, 0) is 30.2 Å². The molecule has 0 bridgehead atoms. The third-order valence-corrected chi connectivity index (χ3v) is 5.46. The minimum Gasteiger partial charge on any atom is -0.464 e. The van der Waals surface area contributed by atoms with Gasteiger partial charge in [0.2, 0.25) is 0 Å². The van der Waals surface area contributed by atoms with E-state index in [-0.39, 0.29) is 11.3 Å². The summed E-state index contributed by atoms with van der Waals surface area (Å²) in [6.45, 7) is 2.57. The van der Waals surface area contributed by atoms with E-state index in [2.05, 4.69) is 9.47 Å². The summed E-state index contributed by atoms with van der Waals surface area (Å²) in [6.07, 6.45) is -11.0. The van der Waals surface area contributed by atoms with Gasteiger partial charge in [0.1, 0.15) is 5.82 Å². The van der Waals surface area contributed by atoms with E-state index >= 15 is 0 Å². The molecule has 39 heavy (non-hydrogen) atoms. The lowest BCUT2D eigenvalue weighted by atomic mass is 9.89. The van der Waals surface area contributed by atoms with Gasteiger partial charge in [-0.3, -0.25) is 0 Å². The Bertz CT molecular complexity index is 1220. The Hall–Kier alpha value is -3.88. The summed E-state index contributed by atoms with van der Waals surface area (Å²) >= 11 is 0. The molecule has 0 aliphatic rings. The summed E-state index contributed by atoms with van der Waals surface area (Å²) in [7, 11) is 0. The highest BCUT2D eigenvalue weighted by atomic mass is 19.4. The third-order valence-electron chi connectivity index (χ3n) is 5.46. The minimum absolute atomic E-state index is 0.217. The van der Waals surface area contributed by atoms with Gasteiger partial charge in [0.15, 0.2) is 0 Å². The van der Waals surface area contributed by atoms with E-state index in [0.29, 0.717) is 36.4 Å². The number of alkyl halides is 6. The number of rotatable bonds is 8. The predicted octanol–water partition coefficient (Wildman–Crippen LogP) is 4.59. The van der Waals surface area contributed by atoms with E-state index in [1.807, 2.05) is 5.32 Å². The highest BCUT2D eigenvalue weighted by molar-refractivity contribution is 5.96. The predicted molar refractivity (Wildman–Crippen MR) is 121 cm³/mol. The molecule has 0 aromatic heterocycles. The molecule has 0 aliphatic heterocycles. The summed E-state index contributed by atoms with van der Waals surface area (Å²) in [5.74, 6) is -4.88. The van der Waals surface area contributed by atoms with Crippen LogP contribution in [0.25, 0.3) is 0 Å². The first kappa shape index (κ1) is 31.3. The molecule has 0 radical (unpaired) electrons. The van der Waals surface area contributed by atoms with Crippen molar-refractivity contribution in [1.82, 2.24) is 5.32 Å². The van der Waals surface area contributed by atoms with Crippen molar-refractivity contribution in [1.29, 1.82) is 0 Å². The van der Waals surface area contributed by atoms with Gasteiger partial charge in [-0.15, -0.1) is 0 Å². The molecule has 2 rings (SSSR count). The fourth-order valence-electron chi connectivity index (χ4n) is 3.52. The second-order valence-electron chi connectivity index (χ2n) is 8.01. The molecule has 0 aliphatic carbocycles. The van der Waals surface area contributed by atoms with Crippen LogP contribution in [0.15, 0.2) is 42.5 Å². The maximum atomic E-state index is 14.3. The number of halogens is 7. The Kier molecular flexibility index (Phi) is 9.22. The third kappa shape index (κ3) is 6.08. The van der Waals surface area contributed by atoms with Crippen molar-refractivity contribution in [2.45, 2.75) is 44.3 Å². The highest BCUT2D eigenvalue weighted by Gasteiger charge is 2.64. The van der Waals surface area contributed by atoms with Crippen LogP contribution in [0.2, 0.25) is 0 Å². The van der Waals surface area contributed by atoms with E-state index in [9.17, 15) is 50.2 Å². The molecule has 0 spiro atoms. The topological polar surface area (TPSA) is 114 Å². The number of esters is 2. The molecule has 2 aromatic carbocycles. The van der Waals surface area contributed by atoms with Gasteiger partial charge in [-0.1, -0.05) is 24.3 Å². The molecule has 0 saturated heterocycles. The summed E-state index contributed by atoms with van der Waals surface area (Å²) < 4.78 is 106. The number of carbonyl (C=O) groups is 3. The average molecular weight is 568 g/mol. The molecule has 2 aromatic rings. The van der Waals surface area contributed by atoms with Crippen molar-refractivity contribution in [2.75, 3.05) is 18.5 Å². The van der Waals surface area contributed by atoms with Gasteiger partial charge in [-0.2, -0.15) is 26.3 Å². The lowest BCUT2D eigenvalue weighted by molar-refractivity contribution is -0.267. The van der Waals surface area contributed by atoms with Gasteiger partial charge in [-0.05, 0) is 50.1 Å². The van der Waals surface area contributed by atoms with E-state index in [4.69, 9.17) is 0 Å². The van der Waals surface area contributed by atoms with Crippen LogP contribution < -0.4 is 10.6 Å². The Morgan fingerprint density at radius 2 is 1.33 bits per heavy atom. The van der Waals surface area contributed by atoms with Gasteiger partial charge in [0.25, 0.3) is 11.1 Å². The lowest BCUT2D eigenvalue weighted by Crippen LogP contribution is -2.62. The number of hydrogen-bond donors (Lipinski definition) is 3. The zero-order valence-electron chi connectivity index (χ0n) is 20.6. The zero-order valence-corrected chi connectivity index (χ0v) is 20.6. The molecular formula is C24H23F7N2O6. The van der Waals surface area contributed by atoms with Crippen molar-refractivity contribution < 1.29 is 59.7 Å². The number of hydrogen-bond acceptors (Lipinski definition) is 6. The van der Waals surface area contributed by atoms with Gasteiger partial charge in [0.05, 0.1) is 13.2 Å². The van der Waals surface area contributed by atoms with Crippen molar-refractivity contribution in [3.05, 3.63) is 65.0 Å². The average Bonchev–Trinajstić information content (AvgIpc) is 2.82. The maximum absolute atomic E-state index is 14.3. The van der Waals surface area contributed by atoms with Crippen molar-refractivity contribution >= 4 is 23.7 Å². The van der Waals surface area contributed by atoms with Crippen LogP contribution in [0.4, 0.5) is 41.2 Å². The Morgan fingerprint density at radius 3 is 1.79 bits per heavy atom. The van der Waals surface area contributed by atoms with Crippen LogP contribution in [0.5, 0.6) is 0 Å². The van der Waals surface area contributed by atoms with Gasteiger partial charge in [0, 0.05) is 11.3 Å².